The maximum atomic E-state index is 2.55. The topological polar surface area (TPSA) is 6.48 Å². The first-order valence-electron chi connectivity index (χ1n) is 23.8. The Kier molecular flexibility index (Phi) is 8.28. The molecule has 14 rings (SSSR count). The van der Waals surface area contributed by atoms with E-state index in [1.807, 2.05) is 0 Å². The van der Waals surface area contributed by atoms with E-state index in [4.69, 9.17) is 0 Å². The highest BCUT2D eigenvalue weighted by atomic mass is 15.1. The molecule has 2 heteroatoms. The third-order valence-electron chi connectivity index (χ3n) is 15.3. The fourth-order valence-corrected chi connectivity index (χ4v) is 12.8. The van der Waals surface area contributed by atoms with Gasteiger partial charge in [0.1, 0.15) is 0 Å². The normalized spacial score (nSPS) is 17.3. The fourth-order valence-electron chi connectivity index (χ4n) is 12.8. The number of fused-ring (bicyclic) bond motifs is 18. The zero-order valence-electron chi connectivity index (χ0n) is 38.0. The maximum Gasteiger partial charge on any atom is 0.0729 e. The summed E-state index contributed by atoms with van der Waals surface area (Å²) in [6, 6.07) is 91.1. The van der Waals surface area contributed by atoms with Gasteiger partial charge in [-0.05, 0) is 165 Å². The van der Waals surface area contributed by atoms with Gasteiger partial charge < -0.3 is 9.80 Å². The number of allylic oxidation sites excluding steroid dienone is 2. The van der Waals surface area contributed by atoms with Gasteiger partial charge in [-0.3, -0.25) is 0 Å². The van der Waals surface area contributed by atoms with Crippen LogP contribution in [0.2, 0.25) is 0 Å². The molecular weight excluding hydrogens is 821 g/mol. The molecule has 0 fully saturated rings. The summed E-state index contributed by atoms with van der Waals surface area (Å²) in [6.45, 7) is 4.52. The summed E-state index contributed by atoms with van der Waals surface area (Å²) in [5.41, 5.74) is 26.7. The molecule has 4 aliphatic rings. The van der Waals surface area contributed by atoms with Gasteiger partial charge in [0.2, 0.25) is 0 Å². The number of benzene rings is 10. The van der Waals surface area contributed by atoms with Gasteiger partial charge in [0.15, 0.2) is 0 Å². The highest BCUT2D eigenvalue weighted by Crippen LogP contribution is 2.75. The predicted octanol–water partition coefficient (Wildman–Crippen LogP) is 16.8. The molecule has 2 spiro atoms. The molecular formula is C66H46N2. The first kappa shape index (κ1) is 38.8. The van der Waals surface area contributed by atoms with Crippen LogP contribution in [0.4, 0.5) is 34.1 Å². The lowest BCUT2D eigenvalue weighted by molar-refractivity contribution is 0.825. The molecule has 10 aromatic carbocycles. The first-order valence-corrected chi connectivity index (χ1v) is 23.8. The molecule has 2 atom stereocenters. The lowest BCUT2D eigenvalue weighted by Gasteiger charge is -2.36. The molecule has 0 saturated carbocycles. The Hall–Kier alpha value is -8.46. The molecule has 4 aliphatic carbocycles. The zero-order chi connectivity index (χ0) is 45.1. The van der Waals surface area contributed by atoms with E-state index in [-0.39, 0.29) is 0 Å². The smallest absolute Gasteiger partial charge is 0.0729 e. The van der Waals surface area contributed by atoms with Crippen LogP contribution in [-0.4, -0.2) is 0 Å². The van der Waals surface area contributed by atoms with Crippen molar-refractivity contribution in [3.63, 3.8) is 0 Å². The van der Waals surface area contributed by atoms with Crippen molar-refractivity contribution in [2.24, 2.45) is 0 Å². The Labute approximate surface area is 398 Å². The van der Waals surface area contributed by atoms with Gasteiger partial charge in [-0.25, -0.2) is 0 Å². The van der Waals surface area contributed by atoms with Crippen LogP contribution in [-0.2, 0) is 10.8 Å². The number of hydrogen-bond acceptors (Lipinski definition) is 2. The highest BCUT2D eigenvalue weighted by molar-refractivity contribution is 6.20. The maximum absolute atomic E-state index is 2.55. The minimum absolute atomic E-state index is 0.627. The monoisotopic (exact) mass is 866 g/mol. The molecule has 320 valence electrons. The van der Waals surface area contributed by atoms with Gasteiger partial charge in [-0.1, -0.05) is 181 Å². The Balaban J connectivity index is 1.14. The van der Waals surface area contributed by atoms with E-state index < -0.39 is 10.8 Å². The second-order valence-corrected chi connectivity index (χ2v) is 18.9. The lowest BCUT2D eigenvalue weighted by Crippen LogP contribution is -2.29. The minimum Gasteiger partial charge on any atom is -0.310 e. The van der Waals surface area contributed by atoms with Crippen LogP contribution in [0, 0.1) is 13.8 Å². The first-order chi connectivity index (χ1) is 33.6. The number of para-hydroxylation sites is 4. The summed E-state index contributed by atoms with van der Waals surface area (Å²) in [5, 5.41) is 0. The number of rotatable bonds is 6. The second kappa shape index (κ2) is 14.5. The zero-order valence-corrected chi connectivity index (χ0v) is 38.0. The summed E-state index contributed by atoms with van der Waals surface area (Å²) >= 11 is 0. The molecule has 0 radical (unpaired) electrons. The largest absolute Gasteiger partial charge is 0.310 e. The Morgan fingerprint density at radius 3 is 0.897 bits per heavy atom. The van der Waals surface area contributed by atoms with Crippen LogP contribution in [0.3, 0.4) is 0 Å². The van der Waals surface area contributed by atoms with Crippen molar-refractivity contribution < 1.29 is 0 Å². The van der Waals surface area contributed by atoms with Crippen LogP contribution in [0.25, 0.3) is 33.4 Å². The lowest BCUT2D eigenvalue weighted by atomic mass is 9.66. The van der Waals surface area contributed by atoms with Gasteiger partial charge in [0, 0.05) is 34.1 Å². The number of nitrogens with zero attached hydrogens (tertiary/aromatic N) is 2. The molecule has 0 amide bonds. The molecule has 0 saturated heterocycles. The second-order valence-electron chi connectivity index (χ2n) is 18.9. The van der Waals surface area contributed by atoms with E-state index in [0.29, 0.717) is 0 Å². The highest BCUT2D eigenvalue weighted by Gasteiger charge is 2.63. The minimum atomic E-state index is -0.627. The molecule has 0 N–H and O–H groups in total. The van der Waals surface area contributed by atoms with E-state index in [9.17, 15) is 0 Å². The molecule has 68 heavy (non-hydrogen) atoms. The Morgan fingerprint density at radius 2 is 0.529 bits per heavy atom. The quantitative estimate of drug-likeness (QED) is 0.164. The fraction of sp³-hybridized carbons (Fsp3) is 0.0606. The third kappa shape index (κ3) is 5.12. The van der Waals surface area contributed by atoms with Crippen LogP contribution in [0.1, 0.15) is 55.6 Å². The molecule has 0 heterocycles. The molecule has 2 unspecified atom stereocenters. The van der Waals surface area contributed by atoms with E-state index in [2.05, 4.69) is 266 Å². The third-order valence-corrected chi connectivity index (χ3v) is 15.3. The van der Waals surface area contributed by atoms with Gasteiger partial charge in [-0.15, -0.1) is 0 Å². The average molecular weight is 867 g/mol. The number of hydrogen-bond donors (Lipinski definition) is 0. The number of anilines is 6. The predicted molar refractivity (Wildman–Crippen MR) is 282 cm³/mol. The van der Waals surface area contributed by atoms with Crippen molar-refractivity contribution in [1.29, 1.82) is 0 Å². The summed E-state index contributed by atoms with van der Waals surface area (Å²) in [4.78, 5) is 4.85. The summed E-state index contributed by atoms with van der Waals surface area (Å²) in [5.74, 6) is 0. The van der Waals surface area contributed by atoms with Gasteiger partial charge in [0.25, 0.3) is 0 Å². The van der Waals surface area contributed by atoms with Crippen LogP contribution >= 0.6 is 0 Å². The molecule has 0 aliphatic heterocycles. The van der Waals surface area contributed by atoms with Gasteiger partial charge in [0.05, 0.1) is 10.8 Å². The van der Waals surface area contributed by atoms with Crippen LogP contribution in [0.15, 0.2) is 243 Å². The van der Waals surface area contributed by atoms with E-state index >= 15 is 0 Å². The molecule has 0 bridgehead atoms. The van der Waals surface area contributed by atoms with E-state index in [1.54, 1.807) is 0 Å². The summed E-state index contributed by atoms with van der Waals surface area (Å²) < 4.78 is 0. The van der Waals surface area contributed by atoms with Crippen molar-refractivity contribution in [3.8, 4) is 22.3 Å². The standard InChI is InChI=1S/C66H46N2/c1-43-31-35-53-51-27-15-17-29-57(51)65(59(53)39-43)61-41-49(67(45-19-7-3-8-20-45)46-21-9-4-10-22-46)33-37-55(61)64-63(65)56-38-34-50(68(47-23-11-5-12-24-47)48-25-13-6-14-26-48)42-62(56)66(64)58-30-18-16-28-52(58)54-36-32-44(2)40-60(54)66/h3-42H,1-2H3. The van der Waals surface area contributed by atoms with Crippen LogP contribution < -0.4 is 9.80 Å². The van der Waals surface area contributed by atoms with Crippen molar-refractivity contribution >= 4 is 45.3 Å². The van der Waals surface area contributed by atoms with Gasteiger partial charge in [-0.2, -0.15) is 0 Å². The Morgan fingerprint density at radius 1 is 0.235 bits per heavy atom. The van der Waals surface area contributed by atoms with E-state index in [0.717, 1.165) is 34.1 Å². The molecule has 0 aromatic heterocycles. The van der Waals surface area contributed by atoms with Crippen LogP contribution in [0.5, 0.6) is 0 Å². The molecule has 10 aromatic rings. The Bertz CT molecular complexity index is 3380. The van der Waals surface area contributed by atoms with Crippen molar-refractivity contribution in [2.45, 2.75) is 24.7 Å². The van der Waals surface area contributed by atoms with Gasteiger partial charge >= 0.3 is 0 Å². The van der Waals surface area contributed by atoms with Crippen molar-refractivity contribution in [3.05, 3.63) is 298 Å². The SMILES string of the molecule is Cc1ccc2c(c1)C1(C3=C(c4ccc(N(c5ccccc5)c5ccccc5)cc41)C1(c4cc(N(c5ccccc5)c5ccccc5)ccc43)c3ccccc3-c3ccc(C)cc31)c1ccccc1-2. The summed E-state index contributed by atoms with van der Waals surface area (Å²) in [6.07, 6.45) is 0. The molecule has 2 nitrogen and oxygen atoms in total. The summed E-state index contributed by atoms with van der Waals surface area (Å²) in [7, 11) is 0. The average Bonchev–Trinajstić information content (AvgIpc) is 4.06. The number of aryl methyl sites for hydroxylation is 2. The van der Waals surface area contributed by atoms with Crippen molar-refractivity contribution in [1.82, 2.24) is 0 Å². The van der Waals surface area contributed by atoms with Crippen molar-refractivity contribution in [2.75, 3.05) is 9.80 Å². The van der Waals surface area contributed by atoms with E-state index in [1.165, 1.54) is 89.0 Å².